The molecular formula is C22H27N3O5S. The number of carbonyl (C=O) groups excluding carboxylic acids is 2. The molecule has 166 valence electrons. The molecule has 1 saturated heterocycles. The van der Waals surface area contributed by atoms with Crippen LogP contribution < -0.4 is 10.6 Å². The van der Waals surface area contributed by atoms with Crippen LogP contribution >= 0.6 is 0 Å². The van der Waals surface area contributed by atoms with Gasteiger partial charge in [-0.05, 0) is 49.6 Å². The lowest BCUT2D eigenvalue weighted by Gasteiger charge is -2.26. The molecule has 0 bridgehead atoms. The van der Waals surface area contributed by atoms with Gasteiger partial charge in [-0.3, -0.25) is 4.79 Å². The van der Waals surface area contributed by atoms with Crippen molar-refractivity contribution < 1.29 is 22.7 Å². The molecule has 1 heterocycles. The molecule has 1 fully saturated rings. The fourth-order valence-electron chi connectivity index (χ4n) is 3.49. The number of rotatable bonds is 7. The van der Waals surface area contributed by atoms with Crippen LogP contribution in [0.5, 0.6) is 0 Å². The molecule has 0 saturated carbocycles. The number of aryl methyl sites for hydroxylation is 1. The van der Waals surface area contributed by atoms with Crippen molar-refractivity contribution in [2.45, 2.75) is 31.1 Å². The van der Waals surface area contributed by atoms with Gasteiger partial charge in [-0.2, -0.15) is 4.31 Å². The van der Waals surface area contributed by atoms with Gasteiger partial charge >= 0.3 is 5.97 Å². The Morgan fingerprint density at radius 3 is 2.48 bits per heavy atom. The van der Waals surface area contributed by atoms with Crippen molar-refractivity contribution in [2.75, 3.05) is 37.4 Å². The van der Waals surface area contributed by atoms with Gasteiger partial charge in [-0.15, -0.1) is 0 Å². The third-order valence-corrected chi connectivity index (χ3v) is 7.20. The van der Waals surface area contributed by atoms with Gasteiger partial charge in [-0.1, -0.05) is 24.6 Å². The smallest absolute Gasteiger partial charge is 0.340 e. The van der Waals surface area contributed by atoms with Gasteiger partial charge in [0.15, 0.2) is 6.61 Å². The normalized spacial score (nSPS) is 14.6. The van der Waals surface area contributed by atoms with Crippen molar-refractivity contribution in [2.24, 2.45) is 0 Å². The number of nitrogens with one attached hydrogen (secondary N) is 2. The van der Waals surface area contributed by atoms with Crippen molar-refractivity contribution in [3.05, 3.63) is 53.6 Å². The molecule has 2 aromatic rings. The fraction of sp³-hybridized carbons (Fsp3) is 0.364. The number of hydrogen-bond donors (Lipinski definition) is 2. The molecule has 1 aliphatic rings. The van der Waals surface area contributed by atoms with E-state index in [2.05, 4.69) is 10.6 Å². The first-order valence-corrected chi connectivity index (χ1v) is 11.6. The molecule has 0 radical (unpaired) electrons. The molecule has 0 atom stereocenters. The highest BCUT2D eigenvalue weighted by atomic mass is 32.2. The van der Waals surface area contributed by atoms with Crippen molar-refractivity contribution >= 4 is 33.3 Å². The van der Waals surface area contributed by atoms with Gasteiger partial charge in [0.1, 0.15) is 0 Å². The van der Waals surface area contributed by atoms with Crippen LogP contribution in [0.3, 0.4) is 0 Å². The molecule has 2 N–H and O–H groups in total. The molecule has 31 heavy (non-hydrogen) atoms. The summed E-state index contributed by atoms with van der Waals surface area (Å²) in [6.45, 7) is 2.24. The zero-order chi connectivity index (χ0) is 22.4. The quantitative estimate of drug-likeness (QED) is 0.635. The molecule has 9 heteroatoms. The summed E-state index contributed by atoms with van der Waals surface area (Å²) in [5.41, 5.74) is 1.86. The number of sulfonamides is 1. The molecule has 1 amide bonds. The topological polar surface area (TPSA) is 105 Å². The van der Waals surface area contributed by atoms with E-state index in [1.165, 1.54) is 10.4 Å². The number of carbonyl (C=O) groups is 2. The fourth-order valence-corrected chi connectivity index (χ4v) is 5.25. The van der Waals surface area contributed by atoms with E-state index in [4.69, 9.17) is 4.74 Å². The SMILES string of the molecule is CNc1ccccc1C(=O)OCC(=O)Nc1ccc(C)c(S(=O)(=O)N2CCCCC2)c1. The van der Waals surface area contributed by atoms with Crippen LogP contribution in [0.15, 0.2) is 47.4 Å². The van der Waals surface area contributed by atoms with Crippen molar-refractivity contribution in [1.82, 2.24) is 4.31 Å². The average Bonchev–Trinajstić information content (AvgIpc) is 2.79. The number of ether oxygens (including phenoxy) is 1. The first-order valence-electron chi connectivity index (χ1n) is 10.2. The third kappa shape index (κ3) is 5.42. The zero-order valence-electron chi connectivity index (χ0n) is 17.7. The number of nitrogens with zero attached hydrogens (tertiary/aromatic N) is 1. The molecule has 0 aromatic heterocycles. The van der Waals surface area contributed by atoms with Gasteiger partial charge in [0.2, 0.25) is 10.0 Å². The monoisotopic (exact) mass is 445 g/mol. The first-order chi connectivity index (χ1) is 14.8. The lowest BCUT2D eigenvalue weighted by molar-refractivity contribution is -0.119. The molecule has 1 aliphatic heterocycles. The van der Waals surface area contributed by atoms with Gasteiger partial charge in [0.25, 0.3) is 5.91 Å². The van der Waals surface area contributed by atoms with Gasteiger partial charge in [0.05, 0.1) is 10.5 Å². The average molecular weight is 446 g/mol. The summed E-state index contributed by atoms with van der Waals surface area (Å²) >= 11 is 0. The van der Waals surface area contributed by atoms with Gasteiger partial charge in [0, 0.05) is 31.5 Å². The van der Waals surface area contributed by atoms with E-state index in [1.807, 2.05) is 0 Å². The molecule has 2 aromatic carbocycles. The maximum Gasteiger partial charge on any atom is 0.340 e. The van der Waals surface area contributed by atoms with Crippen molar-refractivity contribution in [3.8, 4) is 0 Å². The van der Waals surface area contributed by atoms with E-state index in [0.717, 1.165) is 19.3 Å². The van der Waals surface area contributed by atoms with Gasteiger partial charge < -0.3 is 15.4 Å². The van der Waals surface area contributed by atoms with Crippen molar-refractivity contribution in [1.29, 1.82) is 0 Å². The van der Waals surface area contributed by atoms with Crippen molar-refractivity contribution in [3.63, 3.8) is 0 Å². The van der Waals surface area contributed by atoms with Crippen LogP contribution in [-0.2, 0) is 19.6 Å². The minimum atomic E-state index is -3.63. The van der Waals surface area contributed by atoms with E-state index < -0.39 is 28.5 Å². The highest BCUT2D eigenvalue weighted by molar-refractivity contribution is 7.89. The van der Waals surface area contributed by atoms with E-state index in [1.54, 1.807) is 50.4 Å². The lowest BCUT2D eigenvalue weighted by Crippen LogP contribution is -2.36. The third-order valence-electron chi connectivity index (χ3n) is 5.16. The number of anilines is 2. The number of benzene rings is 2. The summed E-state index contributed by atoms with van der Waals surface area (Å²) in [6.07, 6.45) is 2.71. The van der Waals surface area contributed by atoms with Crippen LogP contribution in [0.1, 0.15) is 35.2 Å². The zero-order valence-corrected chi connectivity index (χ0v) is 18.5. The molecule has 0 aliphatic carbocycles. The van der Waals surface area contributed by atoms with Crippen LogP contribution in [0.4, 0.5) is 11.4 Å². The highest BCUT2D eigenvalue weighted by Crippen LogP contribution is 2.26. The predicted octanol–water partition coefficient (Wildman–Crippen LogP) is 3.01. The maximum absolute atomic E-state index is 13.0. The summed E-state index contributed by atoms with van der Waals surface area (Å²) < 4.78 is 32.6. The summed E-state index contributed by atoms with van der Waals surface area (Å²) in [5, 5.41) is 5.50. The molecule has 0 spiro atoms. The van der Waals surface area contributed by atoms with Crippen LogP contribution in [0, 0.1) is 6.92 Å². The van der Waals surface area contributed by atoms with Crippen LogP contribution in [0.25, 0.3) is 0 Å². The Balaban J connectivity index is 1.66. The molecule has 3 rings (SSSR count). The Morgan fingerprint density at radius 2 is 1.77 bits per heavy atom. The summed E-state index contributed by atoms with van der Waals surface area (Å²) in [6, 6.07) is 11.5. The number of piperidine rings is 1. The maximum atomic E-state index is 13.0. The lowest BCUT2D eigenvalue weighted by atomic mass is 10.2. The number of hydrogen-bond acceptors (Lipinski definition) is 6. The first kappa shape index (κ1) is 22.8. The Hall–Kier alpha value is -2.91. The summed E-state index contributed by atoms with van der Waals surface area (Å²) in [5.74, 6) is -1.18. The van der Waals surface area contributed by atoms with E-state index in [0.29, 0.717) is 35.6 Å². The number of esters is 1. The number of para-hydroxylation sites is 1. The Morgan fingerprint density at radius 1 is 1.06 bits per heavy atom. The summed E-state index contributed by atoms with van der Waals surface area (Å²) in [7, 11) is -1.94. The largest absolute Gasteiger partial charge is 0.452 e. The van der Waals surface area contributed by atoms with E-state index in [9.17, 15) is 18.0 Å². The Kier molecular flexibility index (Phi) is 7.29. The number of amides is 1. The second-order valence-electron chi connectivity index (χ2n) is 7.36. The van der Waals surface area contributed by atoms with E-state index in [-0.39, 0.29) is 4.90 Å². The molecular weight excluding hydrogens is 418 g/mol. The standard InChI is InChI=1S/C22H27N3O5S/c1-16-10-11-17(14-20(16)31(28,29)25-12-6-3-7-13-25)24-21(26)15-30-22(27)18-8-4-5-9-19(18)23-2/h4-5,8-11,14,23H,3,6-7,12-13,15H2,1-2H3,(H,24,26). The van der Waals surface area contributed by atoms with Gasteiger partial charge in [-0.25, -0.2) is 13.2 Å². The Bertz CT molecular complexity index is 1060. The molecule has 0 unspecified atom stereocenters. The van der Waals surface area contributed by atoms with E-state index >= 15 is 0 Å². The van der Waals surface area contributed by atoms with Crippen LogP contribution in [0.2, 0.25) is 0 Å². The second-order valence-corrected chi connectivity index (χ2v) is 9.27. The minimum absolute atomic E-state index is 0.173. The highest BCUT2D eigenvalue weighted by Gasteiger charge is 2.27. The predicted molar refractivity (Wildman–Crippen MR) is 119 cm³/mol. The Labute approximate surface area is 182 Å². The molecule has 8 nitrogen and oxygen atoms in total. The van der Waals surface area contributed by atoms with Crippen LogP contribution in [-0.4, -0.2) is 51.3 Å². The minimum Gasteiger partial charge on any atom is -0.452 e. The summed E-state index contributed by atoms with van der Waals surface area (Å²) in [4.78, 5) is 24.7. The second kappa shape index (κ2) is 9.93.